The van der Waals surface area contributed by atoms with E-state index in [0.29, 0.717) is 23.4 Å². The van der Waals surface area contributed by atoms with E-state index in [4.69, 9.17) is 5.84 Å². The zero-order chi connectivity index (χ0) is 13.9. The first-order valence-electron chi connectivity index (χ1n) is 6.12. The van der Waals surface area contributed by atoms with E-state index in [9.17, 15) is 15.3 Å². The third kappa shape index (κ3) is 3.10. The molecule has 0 atom stereocenters. The summed E-state index contributed by atoms with van der Waals surface area (Å²) < 4.78 is 0. The third-order valence-corrected chi connectivity index (χ3v) is 3.14. The zero-order valence-corrected chi connectivity index (χ0v) is 10.5. The van der Waals surface area contributed by atoms with Crippen molar-refractivity contribution in [2.24, 2.45) is 5.84 Å². The van der Waals surface area contributed by atoms with Gasteiger partial charge in [0.15, 0.2) is 0 Å². The molecular formula is C11H19N5O3. The van der Waals surface area contributed by atoms with Crippen molar-refractivity contribution in [3.63, 3.8) is 0 Å². The summed E-state index contributed by atoms with van der Waals surface area (Å²) in [5.74, 6) is 7.21. The van der Waals surface area contributed by atoms with Crippen LogP contribution in [0.4, 0.5) is 11.6 Å². The summed E-state index contributed by atoms with van der Waals surface area (Å²) in [6.45, 7) is -1.27. The molecule has 1 aromatic rings. The van der Waals surface area contributed by atoms with Crippen molar-refractivity contribution in [3.05, 3.63) is 11.9 Å². The van der Waals surface area contributed by atoms with Crippen molar-refractivity contribution in [1.82, 2.24) is 9.97 Å². The Morgan fingerprint density at radius 3 is 2.21 bits per heavy atom. The maximum atomic E-state index is 9.29. The largest absolute Gasteiger partial charge is 0.394 e. The summed E-state index contributed by atoms with van der Waals surface area (Å²) in [5, 5.41) is 30.7. The van der Waals surface area contributed by atoms with Crippen LogP contribution in [0.1, 0.15) is 24.6 Å². The fraction of sp³-hybridized carbons (Fsp3) is 0.636. The summed E-state index contributed by atoms with van der Waals surface area (Å²) in [5.41, 5.74) is 1.23. The van der Waals surface area contributed by atoms with Gasteiger partial charge in [0.05, 0.1) is 19.8 Å². The van der Waals surface area contributed by atoms with E-state index in [1.807, 2.05) is 0 Å². The molecule has 0 radical (unpaired) electrons. The minimum atomic E-state index is -1.22. The van der Waals surface area contributed by atoms with Gasteiger partial charge in [-0.2, -0.15) is 0 Å². The van der Waals surface area contributed by atoms with Crippen molar-refractivity contribution in [3.8, 4) is 0 Å². The molecule has 0 bridgehead atoms. The molecule has 0 spiro atoms. The summed E-state index contributed by atoms with van der Waals surface area (Å²) in [6.07, 6.45) is 2.08. The number of nitrogens with two attached hydrogens (primary N) is 1. The average Bonchev–Trinajstić information content (AvgIpc) is 3.29. The Hall–Kier alpha value is -1.48. The topological polar surface area (TPSA) is 137 Å². The van der Waals surface area contributed by atoms with E-state index in [-0.39, 0.29) is 0 Å². The Labute approximate surface area is 110 Å². The highest BCUT2D eigenvalue weighted by Crippen LogP contribution is 2.38. The standard InChI is InChI=1S/C11H19N5O3/c12-16-9-3-8(13-10(14-9)7-1-2-7)15-11(4-17,5-18)6-19/h3,7,17-19H,1-2,4-6,12H2,(H2,13,14,15,16). The SMILES string of the molecule is NNc1cc(NC(CO)(CO)CO)nc(C2CC2)n1. The first-order valence-corrected chi connectivity index (χ1v) is 6.12. The maximum Gasteiger partial charge on any atom is 0.145 e. The molecule has 7 N–H and O–H groups in total. The molecule has 0 unspecified atom stereocenters. The second-order valence-corrected chi connectivity index (χ2v) is 4.79. The normalized spacial score (nSPS) is 15.4. The van der Waals surface area contributed by atoms with Crippen LogP contribution >= 0.6 is 0 Å². The van der Waals surface area contributed by atoms with Gasteiger partial charge in [0.25, 0.3) is 0 Å². The van der Waals surface area contributed by atoms with Crippen LogP contribution in [0.15, 0.2) is 6.07 Å². The van der Waals surface area contributed by atoms with Crippen LogP contribution in [0.3, 0.4) is 0 Å². The van der Waals surface area contributed by atoms with Gasteiger partial charge in [-0.1, -0.05) is 0 Å². The molecule has 1 fully saturated rings. The van der Waals surface area contributed by atoms with Crippen LogP contribution in [-0.2, 0) is 0 Å². The average molecular weight is 269 g/mol. The molecule has 1 aliphatic carbocycles. The van der Waals surface area contributed by atoms with Gasteiger partial charge in [-0.25, -0.2) is 15.8 Å². The number of nitrogens with zero attached hydrogens (tertiary/aromatic N) is 2. The Morgan fingerprint density at radius 2 is 1.74 bits per heavy atom. The Morgan fingerprint density at radius 1 is 1.16 bits per heavy atom. The fourth-order valence-electron chi connectivity index (χ4n) is 1.67. The molecule has 0 saturated heterocycles. The molecule has 0 aliphatic heterocycles. The van der Waals surface area contributed by atoms with Gasteiger partial charge in [-0.15, -0.1) is 0 Å². The molecule has 2 rings (SSSR count). The van der Waals surface area contributed by atoms with E-state index in [0.717, 1.165) is 12.8 Å². The summed E-state index contributed by atoms with van der Waals surface area (Å²) in [6, 6.07) is 1.56. The minimum Gasteiger partial charge on any atom is -0.394 e. The molecule has 8 heteroatoms. The summed E-state index contributed by atoms with van der Waals surface area (Å²) >= 11 is 0. The number of nitrogen functional groups attached to an aromatic ring is 1. The van der Waals surface area contributed by atoms with Crippen LogP contribution in [0, 0.1) is 0 Å². The molecule has 1 heterocycles. The number of hydrogen-bond donors (Lipinski definition) is 6. The van der Waals surface area contributed by atoms with Gasteiger partial charge in [-0.3, -0.25) is 0 Å². The number of aliphatic hydroxyl groups excluding tert-OH is 3. The molecule has 0 amide bonds. The number of aliphatic hydroxyl groups is 3. The van der Waals surface area contributed by atoms with Crippen molar-refractivity contribution in [2.75, 3.05) is 30.6 Å². The highest BCUT2D eigenvalue weighted by molar-refractivity contribution is 5.49. The number of rotatable bonds is 7. The van der Waals surface area contributed by atoms with Crippen LogP contribution in [-0.4, -0.2) is 50.6 Å². The molecule has 1 aliphatic rings. The van der Waals surface area contributed by atoms with E-state index >= 15 is 0 Å². The van der Waals surface area contributed by atoms with Gasteiger partial charge in [0, 0.05) is 12.0 Å². The fourth-order valence-corrected chi connectivity index (χ4v) is 1.67. The molecule has 1 saturated carbocycles. The highest BCUT2D eigenvalue weighted by Gasteiger charge is 2.31. The zero-order valence-electron chi connectivity index (χ0n) is 10.5. The second kappa shape index (κ2) is 5.66. The first kappa shape index (κ1) is 13.9. The predicted octanol–water partition coefficient (Wildman–Crippen LogP) is -1.23. The summed E-state index contributed by atoms with van der Waals surface area (Å²) in [7, 11) is 0. The lowest BCUT2D eigenvalue weighted by Crippen LogP contribution is -2.49. The summed E-state index contributed by atoms with van der Waals surface area (Å²) in [4.78, 5) is 8.57. The second-order valence-electron chi connectivity index (χ2n) is 4.79. The number of nitrogens with one attached hydrogen (secondary N) is 2. The lowest BCUT2D eigenvalue weighted by atomic mass is 10.0. The smallest absolute Gasteiger partial charge is 0.145 e. The van der Waals surface area contributed by atoms with Crippen molar-refractivity contribution in [2.45, 2.75) is 24.3 Å². The van der Waals surface area contributed by atoms with E-state index in [2.05, 4.69) is 20.7 Å². The van der Waals surface area contributed by atoms with Gasteiger partial charge in [-0.05, 0) is 12.8 Å². The van der Waals surface area contributed by atoms with Crippen LogP contribution in [0.2, 0.25) is 0 Å². The predicted molar refractivity (Wildman–Crippen MR) is 69.4 cm³/mol. The Balaban J connectivity index is 2.25. The van der Waals surface area contributed by atoms with Gasteiger partial charge < -0.3 is 26.1 Å². The molecule has 19 heavy (non-hydrogen) atoms. The lowest BCUT2D eigenvalue weighted by Gasteiger charge is -2.29. The number of hydrazine groups is 1. The molecule has 8 nitrogen and oxygen atoms in total. The Kier molecular flexibility index (Phi) is 4.15. The van der Waals surface area contributed by atoms with E-state index in [1.54, 1.807) is 6.07 Å². The number of aromatic nitrogens is 2. The monoisotopic (exact) mass is 269 g/mol. The van der Waals surface area contributed by atoms with Crippen LogP contribution < -0.4 is 16.6 Å². The minimum absolute atomic E-state index is 0.334. The lowest BCUT2D eigenvalue weighted by molar-refractivity contribution is 0.0831. The maximum absolute atomic E-state index is 9.29. The first-order chi connectivity index (χ1) is 9.16. The van der Waals surface area contributed by atoms with Crippen LogP contribution in [0.25, 0.3) is 0 Å². The molecule has 1 aromatic heterocycles. The van der Waals surface area contributed by atoms with Crippen LogP contribution in [0.5, 0.6) is 0 Å². The Bertz CT molecular complexity index is 426. The highest BCUT2D eigenvalue weighted by atomic mass is 16.3. The quantitative estimate of drug-likeness (QED) is 0.267. The number of hydrogen-bond acceptors (Lipinski definition) is 8. The molecule has 106 valence electrons. The number of anilines is 2. The third-order valence-electron chi connectivity index (χ3n) is 3.14. The molecular weight excluding hydrogens is 250 g/mol. The molecule has 0 aromatic carbocycles. The van der Waals surface area contributed by atoms with Gasteiger partial charge in [0.1, 0.15) is 23.0 Å². The van der Waals surface area contributed by atoms with Gasteiger partial charge in [0.2, 0.25) is 0 Å². The van der Waals surface area contributed by atoms with Crippen molar-refractivity contribution < 1.29 is 15.3 Å². The van der Waals surface area contributed by atoms with Crippen molar-refractivity contribution in [1.29, 1.82) is 0 Å². The van der Waals surface area contributed by atoms with E-state index < -0.39 is 25.4 Å². The van der Waals surface area contributed by atoms with Gasteiger partial charge >= 0.3 is 0 Å². The van der Waals surface area contributed by atoms with Crippen molar-refractivity contribution >= 4 is 11.6 Å². The van der Waals surface area contributed by atoms with E-state index in [1.165, 1.54) is 0 Å².